The lowest BCUT2D eigenvalue weighted by atomic mass is 9.99. The van der Waals surface area contributed by atoms with Gasteiger partial charge in [0.1, 0.15) is 11.6 Å². The zero-order valence-electron chi connectivity index (χ0n) is 13.9. The monoisotopic (exact) mass is 277 g/mol. The Kier molecular flexibility index (Phi) is 4.46. The molecule has 0 aliphatic heterocycles. The molecule has 1 aromatic rings. The number of rotatable bonds is 4. The van der Waals surface area contributed by atoms with Gasteiger partial charge in [0.05, 0.1) is 5.69 Å². The number of hydrogen-bond acceptors (Lipinski definition) is 2. The highest BCUT2D eigenvalue weighted by molar-refractivity contribution is 5.42. The number of nitrogens with zero attached hydrogens (tertiary/aromatic N) is 2. The molecule has 2 N–H and O–H groups in total. The largest absolute Gasteiger partial charge is 0.384 e. The molecular formula is C17H31N3. The minimum Gasteiger partial charge on any atom is -0.384 e. The molecule has 1 heterocycles. The van der Waals surface area contributed by atoms with Crippen LogP contribution >= 0.6 is 0 Å². The molecule has 0 saturated heterocycles. The van der Waals surface area contributed by atoms with Crippen LogP contribution in [0.1, 0.15) is 96.5 Å². The summed E-state index contributed by atoms with van der Waals surface area (Å²) in [4.78, 5) is 5.04. The molecule has 3 heteroatoms. The maximum absolute atomic E-state index is 6.51. The summed E-state index contributed by atoms with van der Waals surface area (Å²) < 4.78 is 2.32. The van der Waals surface area contributed by atoms with Crippen molar-refractivity contribution in [1.29, 1.82) is 0 Å². The Morgan fingerprint density at radius 3 is 2.20 bits per heavy atom. The molecule has 1 aliphatic carbocycles. The van der Waals surface area contributed by atoms with Gasteiger partial charge in [-0.1, -0.05) is 26.7 Å². The highest BCUT2D eigenvalue weighted by Gasteiger charge is 2.31. The average molecular weight is 277 g/mol. The summed E-state index contributed by atoms with van der Waals surface area (Å²) in [6, 6.07) is 0. The maximum atomic E-state index is 6.51. The van der Waals surface area contributed by atoms with Crippen molar-refractivity contribution in [2.75, 3.05) is 5.73 Å². The molecule has 0 aromatic carbocycles. The zero-order valence-corrected chi connectivity index (χ0v) is 13.9. The summed E-state index contributed by atoms with van der Waals surface area (Å²) in [6.07, 6.45) is 7.45. The van der Waals surface area contributed by atoms with Gasteiger partial charge in [-0.3, -0.25) is 0 Å². The van der Waals surface area contributed by atoms with Gasteiger partial charge in [-0.25, -0.2) is 4.98 Å². The Morgan fingerprint density at radius 1 is 1.20 bits per heavy atom. The molecule has 1 aromatic heterocycles. The van der Waals surface area contributed by atoms with Gasteiger partial charge in [0.15, 0.2) is 0 Å². The van der Waals surface area contributed by atoms with Crippen LogP contribution in [-0.2, 0) is 5.54 Å². The summed E-state index contributed by atoms with van der Waals surface area (Å²) >= 11 is 0. The van der Waals surface area contributed by atoms with Crippen LogP contribution in [0.4, 0.5) is 5.82 Å². The smallest absolute Gasteiger partial charge is 0.127 e. The number of nitrogen functional groups attached to an aromatic ring is 1. The second-order valence-corrected chi connectivity index (χ2v) is 7.24. The maximum Gasteiger partial charge on any atom is 0.127 e. The van der Waals surface area contributed by atoms with Gasteiger partial charge in [0.25, 0.3) is 0 Å². The number of imidazole rings is 1. The molecule has 0 unspecified atom stereocenters. The molecule has 2 rings (SSSR count). The van der Waals surface area contributed by atoms with E-state index in [4.69, 9.17) is 10.7 Å². The van der Waals surface area contributed by atoms with Gasteiger partial charge >= 0.3 is 0 Å². The fraction of sp³-hybridized carbons (Fsp3) is 0.824. The Labute approximate surface area is 124 Å². The average Bonchev–Trinajstić information content (AvgIpc) is 2.98. The minimum atomic E-state index is 0.0132. The third-order valence-corrected chi connectivity index (χ3v) is 4.73. The van der Waals surface area contributed by atoms with Crippen molar-refractivity contribution in [2.24, 2.45) is 0 Å². The summed E-state index contributed by atoms with van der Waals surface area (Å²) in [6.45, 7) is 11.2. The van der Waals surface area contributed by atoms with Crippen molar-refractivity contribution in [1.82, 2.24) is 9.55 Å². The minimum absolute atomic E-state index is 0.0132. The summed E-state index contributed by atoms with van der Waals surface area (Å²) in [7, 11) is 0. The predicted octanol–water partition coefficient (Wildman–Crippen LogP) is 4.78. The van der Waals surface area contributed by atoms with Crippen LogP contribution in [0.2, 0.25) is 0 Å². The molecule has 3 nitrogen and oxygen atoms in total. The van der Waals surface area contributed by atoms with Gasteiger partial charge in [-0.15, -0.1) is 0 Å². The van der Waals surface area contributed by atoms with E-state index in [9.17, 15) is 0 Å². The van der Waals surface area contributed by atoms with E-state index in [1.165, 1.54) is 31.5 Å². The van der Waals surface area contributed by atoms with E-state index in [-0.39, 0.29) is 5.54 Å². The number of anilines is 1. The van der Waals surface area contributed by atoms with E-state index >= 15 is 0 Å². The normalized spacial score (nSPS) is 17.3. The first-order valence-corrected chi connectivity index (χ1v) is 8.28. The van der Waals surface area contributed by atoms with Gasteiger partial charge in [0, 0.05) is 17.4 Å². The first-order chi connectivity index (χ1) is 9.40. The van der Waals surface area contributed by atoms with E-state index in [0.29, 0.717) is 11.8 Å². The Hall–Kier alpha value is -0.990. The quantitative estimate of drug-likeness (QED) is 0.860. The Morgan fingerprint density at radius 2 is 1.75 bits per heavy atom. The number of aromatic nitrogens is 2. The molecule has 0 spiro atoms. The SMILES string of the molecule is CCC(CC)c1nc(C2CCCC2)n(C(C)(C)C)c1N. The van der Waals surface area contributed by atoms with Crippen LogP contribution in [0.3, 0.4) is 0 Å². The van der Waals surface area contributed by atoms with Crippen molar-refractivity contribution in [3.05, 3.63) is 11.5 Å². The molecule has 20 heavy (non-hydrogen) atoms. The second-order valence-electron chi connectivity index (χ2n) is 7.24. The fourth-order valence-electron chi connectivity index (χ4n) is 3.61. The lowest BCUT2D eigenvalue weighted by Crippen LogP contribution is -2.26. The van der Waals surface area contributed by atoms with Gasteiger partial charge in [-0.2, -0.15) is 0 Å². The molecule has 0 amide bonds. The van der Waals surface area contributed by atoms with E-state index in [1.807, 2.05) is 0 Å². The first kappa shape index (κ1) is 15.4. The highest BCUT2D eigenvalue weighted by atomic mass is 15.2. The highest BCUT2D eigenvalue weighted by Crippen LogP contribution is 2.40. The van der Waals surface area contributed by atoms with Crippen molar-refractivity contribution in [3.63, 3.8) is 0 Å². The van der Waals surface area contributed by atoms with E-state index < -0.39 is 0 Å². The molecule has 1 aliphatic rings. The standard InChI is InChI=1S/C17H31N3/c1-6-12(7-2)14-15(18)20(17(3,4)5)16(19-14)13-10-8-9-11-13/h12-13H,6-11,18H2,1-5H3. The number of nitrogens with two attached hydrogens (primary N) is 1. The molecule has 114 valence electrons. The first-order valence-electron chi connectivity index (χ1n) is 8.28. The van der Waals surface area contributed by atoms with E-state index in [0.717, 1.165) is 24.4 Å². The van der Waals surface area contributed by atoms with Gasteiger partial charge in [-0.05, 0) is 46.5 Å². The molecule has 1 saturated carbocycles. The van der Waals surface area contributed by atoms with Gasteiger partial charge in [0.2, 0.25) is 0 Å². The Bertz CT molecular complexity index is 444. The van der Waals surface area contributed by atoms with Crippen LogP contribution in [0.5, 0.6) is 0 Å². The topological polar surface area (TPSA) is 43.8 Å². The number of hydrogen-bond donors (Lipinski definition) is 1. The van der Waals surface area contributed by atoms with Crippen LogP contribution in [0.15, 0.2) is 0 Å². The Balaban J connectivity index is 2.51. The third-order valence-electron chi connectivity index (χ3n) is 4.73. The molecule has 0 bridgehead atoms. The molecule has 1 fully saturated rings. The van der Waals surface area contributed by atoms with Crippen LogP contribution in [-0.4, -0.2) is 9.55 Å². The fourth-order valence-corrected chi connectivity index (χ4v) is 3.61. The zero-order chi connectivity index (χ0) is 14.9. The van der Waals surface area contributed by atoms with Crippen molar-refractivity contribution in [2.45, 2.75) is 90.5 Å². The lowest BCUT2D eigenvalue weighted by molar-refractivity contribution is 0.377. The van der Waals surface area contributed by atoms with E-state index in [2.05, 4.69) is 39.2 Å². The summed E-state index contributed by atoms with van der Waals surface area (Å²) in [5, 5.41) is 0. The predicted molar refractivity (Wildman–Crippen MR) is 86.2 cm³/mol. The van der Waals surface area contributed by atoms with Crippen LogP contribution < -0.4 is 5.73 Å². The van der Waals surface area contributed by atoms with Crippen LogP contribution in [0.25, 0.3) is 0 Å². The molecule has 0 radical (unpaired) electrons. The summed E-state index contributed by atoms with van der Waals surface area (Å²) in [5.74, 6) is 3.26. The lowest BCUT2D eigenvalue weighted by Gasteiger charge is -2.27. The molecular weight excluding hydrogens is 246 g/mol. The third kappa shape index (κ3) is 2.72. The van der Waals surface area contributed by atoms with Gasteiger partial charge < -0.3 is 10.3 Å². The van der Waals surface area contributed by atoms with Crippen molar-refractivity contribution >= 4 is 5.82 Å². The molecule has 0 atom stereocenters. The van der Waals surface area contributed by atoms with Crippen molar-refractivity contribution in [3.8, 4) is 0 Å². The van der Waals surface area contributed by atoms with Crippen LogP contribution in [0, 0.1) is 0 Å². The van der Waals surface area contributed by atoms with E-state index in [1.54, 1.807) is 0 Å². The second kappa shape index (κ2) is 5.79. The van der Waals surface area contributed by atoms with Crippen molar-refractivity contribution < 1.29 is 0 Å². The summed E-state index contributed by atoms with van der Waals surface area (Å²) in [5.41, 5.74) is 7.67.